The van der Waals surface area contributed by atoms with Gasteiger partial charge in [0.25, 0.3) is 0 Å². The van der Waals surface area contributed by atoms with Crippen LogP contribution in [-0.4, -0.2) is 28.5 Å². The second kappa shape index (κ2) is 5.95. The first-order chi connectivity index (χ1) is 10.2. The Morgan fingerprint density at radius 3 is 2.05 bits per heavy atom. The molecule has 0 amide bonds. The summed E-state index contributed by atoms with van der Waals surface area (Å²) in [5, 5.41) is 0. The molecule has 7 nitrogen and oxygen atoms in total. The van der Waals surface area contributed by atoms with E-state index in [2.05, 4.69) is 0 Å². The van der Waals surface area contributed by atoms with Crippen molar-refractivity contribution in [1.29, 1.82) is 0 Å². The second-order valence-corrected chi connectivity index (χ2v) is 7.04. The zero-order chi connectivity index (χ0) is 16.4. The zero-order valence-electron chi connectivity index (χ0n) is 11.3. The van der Waals surface area contributed by atoms with E-state index in [1.165, 1.54) is 31.4 Å². The zero-order valence-corrected chi connectivity index (χ0v) is 12.9. The minimum absolute atomic E-state index is 0.0717. The number of methoxy groups -OCH3 is 1. The first-order valence-electron chi connectivity index (χ1n) is 5.87. The highest BCUT2D eigenvalue weighted by atomic mass is 32.2. The molecule has 0 aromatic heterocycles. The molecule has 0 spiro atoms. The van der Waals surface area contributed by atoms with Gasteiger partial charge >= 0.3 is 10.1 Å². The van der Waals surface area contributed by atoms with Crippen LogP contribution in [0.5, 0.6) is 11.5 Å². The highest BCUT2D eigenvalue weighted by Crippen LogP contribution is 2.32. The Kier molecular flexibility index (Phi) is 4.40. The van der Waals surface area contributed by atoms with Crippen LogP contribution in [0.15, 0.2) is 58.3 Å². The van der Waals surface area contributed by atoms with E-state index in [-0.39, 0.29) is 16.4 Å². The molecular weight excluding hydrogens is 332 g/mol. The first kappa shape index (κ1) is 16.3. The van der Waals surface area contributed by atoms with Gasteiger partial charge in [-0.3, -0.25) is 0 Å². The van der Waals surface area contributed by atoms with Crippen LogP contribution in [0.25, 0.3) is 0 Å². The molecule has 0 unspecified atom stereocenters. The maximum absolute atomic E-state index is 12.1. The number of hydrogen-bond acceptors (Lipinski definition) is 7. The van der Waals surface area contributed by atoms with Crippen LogP contribution < -0.4 is 8.92 Å². The van der Waals surface area contributed by atoms with Crippen molar-refractivity contribution in [2.75, 3.05) is 7.11 Å². The van der Waals surface area contributed by atoms with Crippen molar-refractivity contribution in [1.82, 2.24) is 0 Å². The third-order valence-corrected chi connectivity index (χ3v) is 4.73. The lowest BCUT2D eigenvalue weighted by Crippen LogP contribution is -2.10. The summed E-state index contributed by atoms with van der Waals surface area (Å²) in [7, 11) is -7.59. The van der Waals surface area contributed by atoms with E-state index in [1.807, 2.05) is 0 Å². The molecule has 2 aromatic carbocycles. The van der Waals surface area contributed by atoms with Gasteiger partial charge in [0, 0.05) is 6.07 Å². The van der Waals surface area contributed by atoms with Crippen LogP contribution in [0.2, 0.25) is 0 Å². The van der Waals surface area contributed by atoms with Gasteiger partial charge in [0.1, 0.15) is 15.0 Å². The van der Waals surface area contributed by atoms with Crippen molar-refractivity contribution in [3.8, 4) is 11.5 Å². The quantitative estimate of drug-likeness (QED) is 0.595. The van der Waals surface area contributed by atoms with E-state index in [1.54, 1.807) is 6.07 Å². The van der Waals surface area contributed by atoms with Gasteiger partial charge in [-0.1, -0.05) is 18.2 Å². The van der Waals surface area contributed by atoms with Gasteiger partial charge < -0.3 is 13.5 Å². The summed E-state index contributed by atoms with van der Waals surface area (Å²) < 4.78 is 66.8. The summed E-state index contributed by atoms with van der Waals surface area (Å²) in [4.78, 5) is -0.619. The van der Waals surface area contributed by atoms with E-state index in [0.717, 1.165) is 18.2 Å². The molecule has 0 aliphatic rings. The van der Waals surface area contributed by atoms with Crippen molar-refractivity contribution in [2.45, 2.75) is 9.79 Å². The topological polar surface area (TPSA) is 110 Å². The molecule has 0 radical (unpaired) electrons. The molecule has 0 aliphatic heterocycles. The predicted molar refractivity (Wildman–Crippen MR) is 75.2 cm³/mol. The molecule has 0 saturated carbocycles. The summed E-state index contributed by atoms with van der Waals surface area (Å²) in [6, 6.07) is 10.3. The molecule has 118 valence electrons. The molecular formula is C13H11O7S2-. The van der Waals surface area contributed by atoms with Gasteiger partial charge in [-0.05, 0) is 24.3 Å². The fourth-order valence-electron chi connectivity index (χ4n) is 1.63. The molecule has 0 aliphatic carbocycles. The third kappa shape index (κ3) is 3.56. The largest absolute Gasteiger partial charge is 0.744 e. The molecule has 22 heavy (non-hydrogen) atoms. The van der Waals surface area contributed by atoms with Crippen LogP contribution in [0.3, 0.4) is 0 Å². The van der Waals surface area contributed by atoms with Gasteiger partial charge in [-0.2, -0.15) is 8.42 Å². The van der Waals surface area contributed by atoms with Crippen molar-refractivity contribution in [3.05, 3.63) is 48.5 Å². The van der Waals surface area contributed by atoms with Gasteiger partial charge in [0.05, 0.1) is 12.0 Å². The van der Waals surface area contributed by atoms with Gasteiger partial charge in [0.2, 0.25) is 0 Å². The van der Waals surface area contributed by atoms with Gasteiger partial charge in [-0.25, -0.2) is 8.42 Å². The Balaban J connectivity index is 2.42. The SMILES string of the molecule is COc1cc(S(=O)(=O)[O-])ccc1OS(=O)(=O)c1ccccc1. The predicted octanol–water partition coefficient (Wildman–Crippen LogP) is 1.37. The average Bonchev–Trinajstić information content (AvgIpc) is 2.47. The van der Waals surface area contributed by atoms with Crippen LogP contribution in [0, 0.1) is 0 Å². The average molecular weight is 343 g/mol. The van der Waals surface area contributed by atoms with E-state index in [4.69, 9.17) is 8.92 Å². The minimum Gasteiger partial charge on any atom is -0.744 e. The molecule has 2 aromatic rings. The Bertz CT molecular complexity index is 872. The second-order valence-electron chi connectivity index (χ2n) is 4.12. The Morgan fingerprint density at radius 1 is 0.864 bits per heavy atom. The molecule has 9 heteroatoms. The van der Waals surface area contributed by atoms with Crippen molar-refractivity contribution >= 4 is 20.2 Å². The maximum atomic E-state index is 12.1. The Hall–Kier alpha value is -2.10. The van der Waals surface area contributed by atoms with E-state index in [9.17, 15) is 21.4 Å². The fourth-order valence-corrected chi connectivity index (χ4v) is 3.07. The number of benzene rings is 2. The number of ether oxygens (including phenoxy) is 1. The van der Waals surface area contributed by atoms with Crippen LogP contribution in [0.4, 0.5) is 0 Å². The Morgan fingerprint density at radius 2 is 1.50 bits per heavy atom. The summed E-state index contributed by atoms with van der Waals surface area (Å²) in [5.41, 5.74) is 0. The lowest BCUT2D eigenvalue weighted by atomic mass is 10.3. The normalized spacial score (nSPS) is 11.9. The lowest BCUT2D eigenvalue weighted by molar-refractivity contribution is 0.388. The van der Waals surface area contributed by atoms with Crippen LogP contribution >= 0.6 is 0 Å². The molecule has 0 N–H and O–H groups in total. The third-order valence-electron chi connectivity index (χ3n) is 2.66. The van der Waals surface area contributed by atoms with Gasteiger partial charge in [0.15, 0.2) is 11.5 Å². The number of hydrogen-bond donors (Lipinski definition) is 0. The maximum Gasteiger partial charge on any atom is 0.339 e. The van der Waals surface area contributed by atoms with Crippen molar-refractivity contribution in [2.24, 2.45) is 0 Å². The minimum atomic E-state index is -4.68. The molecule has 0 fully saturated rings. The van der Waals surface area contributed by atoms with Crippen molar-refractivity contribution < 1.29 is 30.3 Å². The monoisotopic (exact) mass is 343 g/mol. The van der Waals surface area contributed by atoms with Gasteiger partial charge in [-0.15, -0.1) is 0 Å². The molecule has 0 bridgehead atoms. The number of rotatable bonds is 5. The highest BCUT2D eigenvalue weighted by molar-refractivity contribution is 7.87. The summed E-state index contributed by atoms with van der Waals surface area (Å²) in [6.07, 6.45) is 0. The molecule has 0 heterocycles. The smallest absolute Gasteiger partial charge is 0.339 e. The fraction of sp³-hybridized carbons (Fsp3) is 0.0769. The Labute approximate surface area is 128 Å². The van der Waals surface area contributed by atoms with Crippen molar-refractivity contribution in [3.63, 3.8) is 0 Å². The van der Waals surface area contributed by atoms with E-state index >= 15 is 0 Å². The highest BCUT2D eigenvalue weighted by Gasteiger charge is 2.19. The molecule has 0 atom stereocenters. The summed E-state index contributed by atoms with van der Waals surface area (Å²) in [6.45, 7) is 0. The summed E-state index contributed by atoms with van der Waals surface area (Å²) in [5.74, 6) is -0.407. The first-order valence-corrected chi connectivity index (χ1v) is 8.69. The van der Waals surface area contributed by atoms with E-state index < -0.39 is 25.1 Å². The molecule has 2 rings (SSSR count). The van der Waals surface area contributed by atoms with Crippen LogP contribution in [0.1, 0.15) is 0 Å². The standard InChI is InChI=1S/C13H12O7S2/c1-19-13-9-11(21(14,15)16)7-8-12(13)20-22(17,18)10-5-3-2-4-6-10/h2-9H,1H3,(H,14,15,16)/p-1. The summed E-state index contributed by atoms with van der Waals surface area (Å²) >= 11 is 0. The molecule has 0 saturated heterocycles. The van der Waals surface area contributed by atoms with Crippen LogP contribution in [-0.2, 0) is 20.2 Å². The van der Waals surface area contributed by atoms with E-state index in [0.29, 0.717) is 0 Å². The lowest BCUT2D eigenvalue weighted by Gasteiger charge is -2.13.